The molecule has 4 nitrogen and oxygen atoms in total. The zero-order valence-corrected chi connectivity index (χ0v) is 12.9. The minimum absolute atomic E-state index is 0.458. The Hall–Kier alpha value is -0.160. The van der Waals surface area contributed by atoms with Crippen LogP contribution in [0.5, 0.6) is 0 Å². The maximum Gasteiger partial charge on any atom is 0.0707 e. The fourth-order valence-corrected chi connectivity index (χ4v) is 3.63. The minimum atomic E-state index is 0.458. The van der Waals surface area contributed by atoms with Crippen LogP contribution in [0.4, 0.5) is 0 Å². The number of piperidine rings is 1. The first-order valence-corrected chi connectivity index (χ1v) is 8.43. The first-order chi connectivity index (χ1) is 9.83. The van der Waals surface area contributed by atoms with Crippen LogP contribution in [-0.4, -0.2) is 63.0 Å². The summed E-state index contributed by atoms with van der Waals surface area (Å²) in [5.41, 5.74) is 0. The van der Waals surface area contributed by atoms with Crippen LogP contribution in [0.3, 0.4) is 0 Å². The van der Waals surface area contributed by atoms with E-state index < -0.39 is 0 Å². The third-order valence-corrected chi connectivity index (χ3v) is 4.87. The van der Waals surface area contributed by atoms with E-state index in [9.17, 15) is 0 Å². The van der Waals surface area contributed by atoms with Gasteiger partial charge in [-0.05, 0) is 51.0 Å². The van der Waals surface area contributed by atoms with E-state index in [0.29, 0.717) is 12.2 Å². The van der Waals surface area contributed by atoms with Gasteiger partial charge in [-0.3, -0.25) is 0 Å². The smallest absolute Gasteiger partial charge is 0.0707 e. The molecule has 4 heteroatoms. The summed E-state index contributed by atoms with van der Waals surface area (Å²) in [6, 6.07) is 0.801. The van der Waals surface area contributed by atoms with Gasteiger partial charge in [0.1, 0.15) is 0 Å². The number of methoxy groups -OCH3 is 1. The van der Waals surface area contributed by atoms with Crippen molar-refractivity contribution in [1.82, 2.24) is 10.2 Å². The summed E-state index contributed by atoms with van der Waals surface area (Å²) >= 11 is 0. The lowest BCUT2D eigenvalue weighted by molar-refractivity contribution is 0.00866. The van der Waals surface area contributed by atoms with Crippen molar-refractivity contribution in [3.8, 4) is 0 Å². The van der Waals surface area contributed by atoms with Crippen molar-refractivity contribution in [2.24, 2.45) is 5.92 Å². The van der Waals surface area contributed by atoms with E-state index in [4.69, 9.17) is 9.47 Å². The number of rotatable bonds is 7. The Morgan fingerprint density at radius 3 is 2.80 bits per heavy atom. The van der Waals surface area contributed by atoms with Crippen LogP contribution >= 0.6 is 0 Å². The Kier molecular flexibility index (Phi) is 5.32. The van der Waals surface area contributed by atoms with Crippen molar-refractivity contribution in [2.75, 3.05) is 39.9 Å². The maximum absolute atomic E-state index is 6.20. The van der Waals surface area contributed by atoms with Crippen LogP contribution in [0, 0.1) is 5.92 Å². The van der Waals surface area contributed by atoms with E-state index in [2.05, 4.69) is 10.2 Å². The fraction of sp³-hybridized carbons (Fsp3) is 1.00. The fourth-order valence-electron chi connectivity index (χ4n) is 3.63. The van der Waals surface area contributed by atoms with Crippen LogP contribution in [0.2, 0.25) is 0 Å². The third-order valence-electron chi connectivity index (χ3n) is 4.87. The molecule has 3 rings (SSSR count). The van der Waals surface area contributed by atoms with Crippen molar-refractivity contribution in [3.05, 3.63) is 0 Å². The van der Waals surface area contributed by atoms with E-state index in [1.165, 1.54) is 51.6 Å². The highest BCUT2D eigenvalue weighted by Crippen LogP contribution is 2.24. The average Bonchev–Trinajstić information content (AvgIpc) is 3.18. The van der Waals surface area contributed by atoms with Gasteiger partial charge in [-0.15, -0.1) is 0 Å². The summed E-state index contributed by atoms with van der Waals surface area (Å²) in [4.78, 5) is 2.59. The normalized spacial score (nSPS) is 35.5. The van der Waals surface area contributed by atoms with Gasteiger partial charge in [-0.1, -0.05) is 0 Å². The molecule has 0 amide bonds. The highest BCUT2D eigenvalue weighted by molar-refractivity contribution is 4.85. The Morgan fingerprint density at radius 2 is 2.00 bits per heavy atom. The number of ether oxygens (including phenoxy) is 2. The Balaban J connectivity index is 1.35. The van der Waals surface area contributed by atoms with Crippen LogP contribution in [-0.2, 0) is 9.47 Å². The summed E-state index contributed by atoms with van der Waals surface area (Å²) in [5, 5.41) is 3.59. The standard InChI is InChI=1S/C16H30N2O2/c1-19-12-13-3-2-8-18(10-13)11-16-7-6-15(20-16)9-17-14-4-5-14/h13-17H,2-12H2,1H3. The summed E-state index contributed by atoms with van der Waals surface area (Å²) in [7, 11) is 1.82. The second-order valence-corrected chi connectivity index (χ2v) is 6.86. The zero-order chi connectivity index (χ0) is 13.8. The molecule has 1 aliphatic carbocycles. The number of likely N-dealkylation sites (tertiary alicyclic amines) is 1. The lowest BCUT2D eigenvalue weighted by Crippen LogP contribution is -2.41. The molecule has 3 atom stereocenters. The number of hydrogen-bond donors (Lipinski definition) is 1. The molecule has 1 saturated carbocycles. The Labute approximate surface area is 123 Å². The van der Waals surface area contributed by atoms with Gasteiger partial charge in [0.2, 0.25) is 0 Å². The SMILES string of the molecule is COCC1CCCN(CC2CCC(CNC3CC3)O2)C1. The van der Waals surface area contributed by atoms with Crippen molar-refractivity contribution in [1.29, 1.82) is 0 Å². The maximum atomic E-state index is 6.20. The van der Waals surface area contributed by atoms with Gasteiger partial charge in [0.05, 0.1) is 18.8 Å². The van der Waals surface area contributed by atoms with E-state index in [1.807, 2.05) is 7.11 Å². The molecule has 0 spiro atoms. The topological polar surface area (TPSA) is 33.7 Å². The molecule has 0 aromatic rings. The van der Waals surface area contributed by atoms with E-state index >= 15 is 0 Å². The lowest BCUT2D eigenvalue weighted by Gasteiger charge is -2.33. The van der Waals surface area contributed by atoms with Crippen molar-refractivity contribution in [2.45, 2.75) is 56.8 Å². The molecule has 20 heavy (non-hydrogen) atoms. The van der Waals surface area contributed by atoms with Gasteiger partial charge in [-0.25, -0.2) is 0 Å². The second-order valence-electron chi connectivity index (χ2n) is 6.86. The molecule has 0 bridgehead atoms. The average molecular weight is 282 g/mol. The highest BCUT2D eigenvalue weighted by Gasteiger charge is 2.30. The first-order valence-electron chi connectivity index (χ1n) is 8.43. The van der Waals surface area contributed by atoms with Crippen molar-refractivity contribution in [3.63, 3.8) is 0 Å². The predicted octanol–water partition coefficient (Wildman–Crippen LogP) is 1.64. The molecule has 0 radical (unpaired) electrons. The summed E-state index contributed by atoms with van der Waals surface area (Å²) in [6.07, 6.45) is 8.76. The quantitative estimate of drug-likeness (QED) is 0.770. The largest absolute Gasteiger partial charge is 0.384 e. The number of nitrogens with one attached hydrogen (secondary N) is 1. The lowest BCUT2D eigenvalue weighted by atomic mass is 9.98. The van der Waals surface area contributed by atoms with Gasteiger partial charge in [-0.2, -0.15) is 0 Å². The van der Waals surface area contributed by atoms with Crippen LogP contribution in [0.15, 0.2) is 0 Å². The molecule has 3 aliphatic rings. The zero-order valence-electron chi connectivity index (χ0n) is 12.9. The van der Waals surface area contributed by atoms with Crippen LogP contribution < -0.4 is 5.32 Å². The van der Waals surface area contributed by atoms with Gasteiger partial charge in [0.25, 0.3) is 0 Å². The van der Waals surface area contributed by atoms with E-state index in [0.717, 1.165) is 31.7 Å². The molecule has 0 aromatic carbocycles. The molecular formula is C16H30N2O2. The summed E-state index contributed by atoms with van der Waals surface area (Å²) in [5.74, 6) is 0.725. The van der Waals surface area contributed by atoms with Gasteiger partial charge < -0.3 is 19.7 Å². The molecule has 2 saturated heterocycles. The molecule has 1 N–H and O–H groups in total. The number of nitrogens with zero attached hydrogens (tertiary/aromatic N) is 1. The first kappa shape index (κ1) is 14.8. The molecule has 2 aliphatic heterocycles. The third kappa shape index (κ3) is 4.42. The summed E-state index contributed by atoms with van der Waals surface area (Å²) in [6.45, 7) is 5.54. The Morgan fingerprint density at radius 1 is 1.15 bits per heavy atom. The van der Waals surface area contributed by atoms with Gasteiger partial charge in [0, 0.05) is 32.8 Å². The van der Waals surface area contributed by atoms with Crippen LogP contribution in [0.1, 0.15) is 38.5 Å². The second kappa shape index (κ2) is 7.21. The molecule has 116 valence electrons. The molecule has 0 aromatic heterocycles. The monoisotopic (exact) mass is 282 g/mol. The molecule has 3 unspecified atom stereocenters. The van der Waals surface area contributed by atoms with Crippen molar-refractivity contribution < 1.29 is 9.47 Å². The highest BCUT2D eigenvalue weighted by atomic mass is 16.5. The minimum Gasteiger partial charge on any atom is -0.384 e. The molecule has 3 fully saturated rings. The van der Waals surface area contributed by atoms with Crippen molar-refractivity contribution >= 4 is 0 Å². The predicted molar refractivity (Wildman–Crippen MR) is 80.0 cm³/mol. The van der Waals surface area contributed by atoms with E-state index in [1.54, 1.807) is 0 Å². The molecule has 2 heterocycles. The van der Waals surface area contributed by atoms with E-state index in [-0.39, 0.29) is 0 Å². The van der Waals surface area contributed by atoms with Gasteiger partial charge in [0.15, 0.2) is 0 Å². The summed E-state index contributed by atoms with van der Waals surface area (Å²) < 4.78 is 11.5. The van der Waals surface area contributed by atoms with Crippen LogP contribution in [0.25, 0.3) is 0 Å². The number of hydrogen-bond acceptors (Lipinski definition) is 4. The van der Waals surface area contributed by atoms with Gasteiger partial charge >= 0.3 is 0 Å². The Bertz CT molecular complexity index is 294. The molecular weight excluding hydrogens is 252 g/mol.